The van der Waals surface area contributed by atoms with Crippen LogP contribution in [0.4, 0.5) is 11.9 Å². The molecule has 0 saturated heterocycles. The summed E-state index contributed by atoms with van der Waals surface area (Å²) < 4.78 is 0. The maximum atomic E-state index is 8.84. The van der Waals surface area contributed by atoms with Crippen molar-refractivity contribution in [2.24, 2.45) is 0 Å². The average molecular weight is 234 g/mol. The highest BCUT2D eigenvalue weighted by Gasteiger charge is 2.09. The maximum absolute atomic E-state index is 8.84. The van der Waals surface area contributed by atoms with E-state index in [9.17, 15) is 0 Å². The molecule has 4 N–H and O–H groups in total. The summed E-state index contributed by atoms with van der Waals surface area (Å²) in [6.45, 7) is -0.455. The van der Waals surface area contributed by atoms with Gasteiger partial charge in [0.25, 0.3) is 0 Å². The lowest BCUT2D eigenvalue weighted by Crippen LogP contribution is -2.28. The molecule has 0 aliphatic carbocycles. The van der Waals surface area contributed by atoms with Crippen LogP contribution in [0.1, 0.15) is 0 Å². The first-order valence-corrected chi connectivity index (χ1v) is 4.65. The largest absolute Gasteiger partial charge is 0.394 e. The summed E-state index contributed by atoms with van der Waals surface area (Å²) in [7, 11) is 1.64. The van der Waals surface area contributed by atoms with Crippen LogP contribution in [0.2, 0.25) is 5.28 Å². The summed E-state index contributed by atoms with van der Waals surface area (Å²) >= 11 is 5.63. The smallest absolute Gasteiger partial charge is 0.229 e. The first kappa shape index (κ1) is 11.9. The lowest BCUT2D eigenvalue weighted by atomic mass is 10.3. The molecule has 7 nitrogen and oxygen atoms in total. The molecule has 0 unspecified atom stereocenters. The molecule has 0 aliphatic heterocycles. The summed E-state index contributed by atoms with van der Waals surface area (Å²) in [5.74, 6) is 0.513. The Labute approximate surface area is 91.5 Å². The average Bonchev–Trinajstić information content (AvgIpc) is 2.25. The molecule has 84 valence electrons. The number of nitrogens with zero attached hydrogens (tertiary/aromatic N) is 3. The highest BCUT2D eigenvalue weighted by molar-refractivity contribution is 6.28. The van der Waals surface area contributed by atoms with E-state index in [0.29, 0.717) is 5.95 Å². The van der Waals surface area contributed by atoms with Crippen molar-refractivity contribution >= 4 is 23.5 Å². The lowest BCUT2D eigenvalue weighted by Gasteiger charge is -2.13. The Hall–Kier alpha value is -1.18. The van der Waals surface area contributed by atoms with Crippen LogP contribution in [0.3, 0.4) is 0 Å². The van der Waals surface area contributed by atoms with Crippen LogP contribution < -0.4 is 10.6 Å². The van der Waals surface area contributed by atoms with Crippen molar-refractivity contribution < 1.29 is 10.2 Å². The number of hydrogen-bond acceptors (Lipinski definition) is 7. The first-order chi connectivity index (χ1) is 7.19. The van der Waals surface area contributed by atoms with E-state index in [4.69, 9.17) is 21.8 Å². The van der Waals surface area contributed by atoms with Crippen LogP contribution in [-0.2, 0) is 0 Å². The van der Waals surface area contributed by atoms with Crippen molar-refractivity contribution in [1.82, 2.24) is 15.0 Å². The molecule has 0 aromatic carbocycles. The lowest BCUT2D eigenvalue weighted by molar-refractivity contribution is 0.203. The summed E-state index contributed by atoms with van der Waals surface area (Å²) in [5.41, 5.74) is 0. The molecular formula is C7H12ClN5O2. The monoisotopic (exact) mass is 233 g/mol. The molecule has 0 spiro atoms. The zero-order chi connectivity index (χ0) is 11.3. The van der Waals surface area contributed by atoms with Crippen molar-refractivity contribution in [2.75, 3.05) is 30.9 Å². The van der Waals surface area contributed by atoms with Crippen LogP contribution in [0.15, 0.2) is 0 Å². The molecule has 1 rings (SSSR count). The zero-order valence-corrected chi connectivity index (χ0v) is 8.86. The van der Waals surface area contributed by atoms with Gasteiger partial charge in [-0.25, -0.2) is 0 Å². The second-order valence-corrected chi connectivity index (χ2v) is 3.05. The number of halogens is 1. The number of hydrogen-bond donors (Lipinski definition) is 4. The number of anilines is 2. The molecule has 8 heteroatoms. The van der Waals surface area contributed by atoms with Gasteiger partial charge in [-0.15, -0.1) is 0 Å². The molecule has 1 aromatic heterocycles. The van der Waals surface area contributed by atoms with Crippen LogP contribution >= 0.6 is 11.6 Å². The molecule has 15 heavy (non-hydrogen) atoms. The standard InChI is InChI=1S/C7H12ClN5O2/c1-9-6-11-5(8)12-7(13-6)10-4(2-14)3-15/h4,14-15H,2-3H2,1H3,(H2,9,10,11,12,13). The molecule has 0 aliphatic rings. The molecule has 1 aromatic rings. The van der Waals surface area contributed by atoms with Crippen LogP contribution in [0.25, 0.3) is 0 Å². The van der Waals surface area contributed by atoms with E-state index < -0.39 is 6.04 Å². The van der Waals surface area contributed by atoms with Gasteiger partial charge in [-0.1, -0.05) is 0 Å². The van der Waals surface area contributed by atoms with Gasteiger partial charge in [0.05, 0.1) is 19.3 Å². The van der Waals surface area contributed by atoms with Crippen LogP contribution in [0.5, 0.6) is 0 Å². The van der Waals surface area contributed by atoms with Crippen LogP contribution in [-0.4, -0.2) is 51.5 Å². The number of rotatable bonds is 5. The number of aliphatic hydroxyl groups excluding tert-OH is 2. The number of aromatic nitrogens is 3. The van der Waals surface area contributed by atoms with Crippen LogP contribution in [0, 0.1) is 0 Å². The number of aliphatic hydroxyl groups is 2. The van der Waals surface area contributed by atoms with Crippen molar-refractivity contribution in [3.8, 4) is 0 Å². The van der Waals surface area contributed by atoms with Gasteiger partial charge >= 0.3 is 0 Å². The third-order valence-corrected chi connectivity index (χ3v) is 1.77. The molecular weight excluding hydrogens is 222 g/mol. The van der Waals surface area contributed by atoms with E-state index >= 15 is 0 Å². The molecule has 0 bridgehead atoms. The Morgan fingerprint density at radius 2 is 1.80 bits per heavy atom. The minimum absolute atomic E-state index is 0.0338. The Morgan fingerprint density at radius 3 is 2.33 bits per heavy atom. The second kappa shape index (κ2) is 5.64. The summed E-state index contributed by atoms with van der Waals surface area (Å²) in [6.07, 6.45) is 0. The minimum atomic E-state index is -0.520. The summed E-state index contributed by atoms with van der Waals surface area (Å²) in [4.78, 5) is 11.5. The van der Waals surface area contributed by atoms with E-state index in [-0.39, 0.29) is 24.4 Å². The fourth-order valence-corrected chi connectivity index (χ4v) is 1.02. The Bertz CT molecular complexity index is 320. The summed E-state index contributed by atoms with van der Waals surface area (Å²) in [6, 6.07) is -0.520. The number of nitrogens with one attached hydrogen (secondary N) is 2. The third kappa shape index (κ3) is 3.46. The molecule has 0 amide bonds. The third-order valence-electron chi connectivity index (χ3n) is 1.61. The zero-order valence-electron chi connectivity index (χ0n) is 8.11. The second-order valence-electron chi connectivity index (χ2n) is 2.71. The van der Waals surface area contributed by atoms with Crippen molar-refractivity contribution in [2.45, 2.75) is 6.04 Å². The highest BCUT2D eigenvalue weighted by Crippen LogP contribution is 2.09. The van der Waals surface area contributed by atoms with E-state index in [1.165, 1.54) is 0 Å². The van der Waals surface area contributed by atoms with Gasteiger partial charge in [-0.2, -0.15) is 15.0 Å². The molecule has 0 saturated carbocycles. The first-order valence-electron chi connectivity index (χ1n) is 4.27. The minimum Gasteiger partial charge on any atom is -0.394 e. The predicted octanol–water partition coefficient (Wildman–Crippen LogP) is -0.668. The van der Waals surface area contributed by atoms with Gasteiger partial charge in [-0.05, 0) is 11.6 Å². The highest BCUT2D eigenvalue weighted by atomic mass is 35.5. The predicted molar refractivity (Wildman–Crippen MR) is 56.0 cm³/mol. The van der Waals surface area contributed by atoms with E-state index in [0.717, 1.165) is 0 Å². The van der Waals surface area contributed by atoms with Gasteiger partial charge in [0.15, 0.2) is 0 Å². The van der Waals surface area contributed by atoms with Crippen molar-refractivity contribution in [1.29, 1.82) is 0 Å². The van der Waals surface area contributed by atoms with Gasteiger partial charge in [0.1, 0.15) is 0 Å². The van der Waals surface area contributed by atoms with Gasteiger partial charge in [0.2, 0.25) is 17.2 Å². The molecule has 0 fully saturated rings. The molecule has 0 atom stereocenters. The Kier molecular flexibility index (Phi) is 4.47. The summed E-state index contributed by atoms with van der Waals surface area (Å²) in [5, 5.41) is 23.1. The topological polar surface area (TPSA) is 103 Å². The Morgan fingerprint density at radius 1 is 1.20 bits per heavy atom. The van der Waals surface area contributed by atoms with Gasteiger partial charge in [-0.3, -0.25) is 0 Å². The normalized spacial score (nSPS) is 10.5. The SMILES string of the molecule is CNc1nc(Cl)nc(NC(CO)CO)n1. The molecule has 0 radical (unpaired) electrons. The van der Waals surface area contributed by atoms with Crippen molar-refractivity contribution in [3.63, 3.8) is 0 Å². The van der Waals surface area contributed by atoms with Crippen molar-refractivity contribution in [3.05, 3.63) is 5.28 Å². The fraction of sp³-hybridized carbons (Fsp3) is 0.571. The quantitative estimate of drug-likeness (QED) is 0.535. The van der Waals surface area contributed by atoms with Gasteiger partial charge < -0.3 is 20.8 Å². The van der Waals surface area contributed by atoms with Gasteiger partial charge in [0, 0.05) is 7.05 Å². The Balaban J connectivity index is 2.79. The molecule has 1 heterocycles. The van der Waals surface area contributed by atoms with E-state index in [1.807, 2.05) is 0 Å². The van der Waals surface area contributed by atoms with E-state index in [1.54, 1.807) is 7.05 Å². The van der Waals surface area contributed by atoms with E-state index in [2.05, 4.69) is 25.6 Å². The fourth-order valence-electron chi connectivity index (χ4n) is 0.858. The maximum Gasteiger partial charge on any atom is 0.229 e.